The molecule has 0 spiro atoms. The van der Waals surface area contributed by atoms with E-state index < -0.39 is 18.7 Å². The Balaban J connectivity index is 1.69. The highest BCUT2D eigenvalue weighted by Gasteiger charge is 2.46. The van der Waals surface area contributed by atoms with Gasteiger partial charge in [-0.25, -0.2) is 0 Å². The molecule has 0 aliphatic carbocycles. The normalized spacial score (nSPS) is 26.7. The lowest BCUT2D eigenvalue weighted by Crippen LogP contribution is -2.62. The number of hydrogen-bond donors (Lipinski definition) is 3. The molecule has 0 radical (unpaired) electrons. The maximum Gasteiger partial charge on any atom is 0.251 e. The molecule has 1 aromatic rings. The van der Waals surface area contributed by atoms with E-state index in [2.05, 4.69) is 10.6 Å². The van der Waals surface area contributed by atoms with Gasteiger partial charge >= 0.3 is 0 Å². The third-order valence-electron chi connectivity index (χ3n) is 4.30. The molecule has 3 amide bonds. The Bertz CT molecular complexity index is 660. The fourth-order valence-electron chi connectivity index (χ4n) is 3.14. The molecule has 1 aromatic carbocycles. The molecule has 2 saturated heterocycles. The minimum atomic E-state index is -0.884. The molecule has 7 heteroatoms. The van der Waals surface area contributed by atoms with Gasteiger partial charge in [-0.3, -0.25) is 14.4 Å². The van der Waals surface area contributed by atoms with Crippen molar-refractivity contribution in [2.24, 2.45) is 0 Å². The smallest absolute Gasteiger partial charge is 0.251 e. The molecule has 3 rings (SSSR count). The Morgan fingerprint density at radius 1 is 1.43 bits per heavy atom. The van der Waals surface area contributed by atoms with Crippen LogP contribution >= 0.6 is 0 Å². The van der Waals surface area contributed by atoms with Gasteiger partial charge in [-0.1, -0.05) is 17.7 Å². The number of piperazine rings is 1. The number of aryl methyl sites for hydroxylation is 1. The van der Waals surface area contributed by atoms with E-state index in [0.717, 1.165) is 5.56 Å². The zero-order valence-electron chi connectivity index (χ0n) is 12.8. The summed E-state index contributed by atoms with van der Waals surface area (Å²) in [4.78, 5) is 37.9. The number of benzene rings is 1. The molecule has 3 atom stereocenters. The molecule has 2 fully saturated rings. The lowest BCUT2D eigenvalue weighted by Gasteiger charge is -2.33. The first-order valence-corrected chi connectivity index (χ1v) is 7.59. The summed E-state index contributed by atoms with van der Waals surface area (Å²) in [6.07, 6.45) is 0.382. The number of fused-ring (bicyclic) bond motifs is 1. The average Bonchev–Trinajstić information content (AvgIpc) is 2.95. The number of carbonyl (C=O) groups excluding carboxylic acids is 3. The van der Waals surface area contributed by atoms with Gasteiger partial charge in [0.15, 0.2) is 0 Å². The van der Waals surface area contributed by atoms with Gasteiger partial charge in [0.05, 0.1) is 6.61 Å². The van der Waals surface area contributed by atoms with Crippen LogP contribution in [-0.2, 0) is 9.59 Å². The predicted molar refractivity (Wildman–Crippen MR) is 81.6 cm³/mol. The molecule has 122 valence electrons. The molecule has 0 saturated carbocycles. The summed E-state index contributed by atoms with van der Waals surface area (Å²) in [6, 6.07) is 5.50. The number of rotatable bonds is 3. The highest BCUT2D eigenvalue weighted by Crippen LogP contribution is 2.23. The Labute approximate surface area is 133 Å². The van der Waals surface area contributed by atoms with Gasteiger partial charge < -0.3 is 20.6 Å². The number of nitrogens with zero attached hydrogens (tertiary/aromatic N) is 1. The summed E-state index contributed by atoms with van der Waals surface area (Å²) in [5, 5.41) is 14.5. The molecule has 0 bridgehead atoms. The summed E-state index contributed by atoms with van der Waals surface area (Å²) in [6.45, 7) is 1.77. The fourth-order valence-corrected chi connectivity index (χ4v) is 3.14. The Morgan fingerprint density at radius 3 is 2.91 bits per heavy atom. The van der Waals surface area contributed by atoms with Gasteiger partial charge in [-0.2, -0.15) is 0 Å². The van der Waals surface area contributed by atoms with Crippen molar-refractivity contribution in [3.8, 4) is 0 Å². The molecule has 7 nitrogen and oxygen atoms in total. The van der Waals surface area contributed by atoms with Crippen LogP contribution < -0.4 is 10.6 Å². The van der Waals surface area contributed by atoms with Crippen LogP contribution in [0.1, 0.15) is 22.3 Å². The number of nitrogens with one attached hydrogen (secondary N) is 2. The fraction of sp³-hybridized carbons (Fsp3) is 0.438. The van der Waals surface area contributed by atoms with Gasteiger partial charge in [0, 0.05) is 18.2 Å². The molecule has 23 heavy (non-hydrogen) atoms. The Morgan fingerprint density at radius 2 is 2.22 bits per heavy atom. The minimum absolute atomic E-state index is 0.217. The van der Waals surface area contributed by atoms with Crippen molar-refractivity contribution in [2.75, 3.05) is 13.2 Å². The van der Waals surface area contributed by atoms with E-state index in [-0.39, 0.29) is 30.3 Å². The van der Waals surface area contributed by atoms with E-state index in [1.807, 2.05) is 19.1 Å². The lowest BCUT2D eigenvalue weighted by atomic mass is 10.1. The topological polar surface area (TPSA) is 98.7 Å². The second-order valence-electron chi connectivity index (χ2n) is 6.03. The van der Waals surface area contributed by atoms with E-state index in [9.17, 15) is 14.4 Å². The highest BCUT2D eigenvalue weighted by molar-refractivity contribution is 5.98. The maximum atomic E-state index is 12.3. The third-order valence-corrected chi connectivity index (χ3v) is 4.30. The highest BCUT2D eigenvalue weighted by atomic mass is 16.3. The predicted octanol–water partition coefficient (Wildman–Crippen LogP) is -0.815. The van der Waals surface area contributed by atoms with Crippen molar-refractivity contribution < 1.29 is 19.5 Å². The van der Waals surface area contributed by atoms with Crippen molar-refractivity contribution in [1.82, 2.24) is 15.5 Å². The minimum Gasteiger partial charge on any atom is -0.394 e. The van der Waals surface area contributed by atoms with E-state index in [1.54, 1.807) is 12.1 Å². The summed E-state index contributed by atoms with van der Waals surface area (Å²) in [5.41, 5.74) is 1.54. The molecule has 2 aliphatic heterocycles. The number of aliphatic hydroxyl groups is 1. The standard InChI is InChI=1S/C16H19N3O4/c1-9-3-2-4-10(5-9)14(21)17-11-6-13-15(22)18-12(8-20)16(23)19(13)7-11/h2-5,11-13,20H,6-8H2,1H3,(H,17,21)(H,18,22)/t11-,12-,13-/m0/s1. The second kappa shape index (κ2) is 6.00. The monoisotopic (exact) mass is 317 g/mol. The Hall–Kier alpha value is -2.41. The van der Waals surface area contributed by atoms with Crippen LogP contribution in [0.15, 0.2) is 24.3 Å². The van der Waals surface area contributed by atoms with Crippen LogP contribution in [0, 0.1) is 6.92 Å². The summed E-state index contributed by atoms with van der Waals surface area (Å²) >= 11 is 0. The first-order valence-electron chi connectivity index (χ1n) is 7.59. The van der Waals surface area contributed by atoms with Crippen LogP contribution in [0.4, 0.5) is 0 Å². The number of hydrogen-bond acceptors (Lipinski definition) is 4. The van der Waals surface area contributed by atoms with Gasteiger partial charge in [-0.15, -0.1) is 0 Å². The van der Waals surface area contributed by atoms with Crippen molar-refractivity contribution in [3.05, 3.63) is 35.4 Å². The third kappa shape index (κ3) is 2.92. The zero-order chi connectivity index (χ0) is 16.6. The Kier molecular flexibility index (Phi) is 4.04. The van der Waals surface area contributed by atoms with E-state index in [1.165, 1.54) is 4.90 Å². The number of carbonyl (C=O) groups is 3. The summed E-state index contributed by atoms with van der Waals surface area (Å²) in [5.74, 6) is -0.800. The quantitative estimate of drug-likeness (QED) is 0.679. The number of aliphatic hydroxyl groups excluding tert-OH is 1. The van der Waals surface area contributed by atoms with Crippen LogP contribution in [-0.4, -0.2) is 59.0 Å². The van der Waals surface area contributed by atoms with Gasteiger partial charge in [0.1, 0.15) is 12.1 Å². The van der Waals surface area contributed by atoms with Crippen molar-refractivity contribution in [1.29, 1.82) is 0 Å². The molecule has 2 aliphatic rings. The molecule has 2 heterocycles. The van der Waals surface area contributed by atoms with Crippen molar-refractivity contribution in [3.63, 3.8) is 0 Å². The zero-order valence-corrected chi connectivity index (χ0v) is 12.8. The molecular weight excluding hydrogens is 298 g/mol. The van der Waals surface area contributed by atoms with Gasteiger partial charge in [0.2, 0.25) is 11.8 Å². The van der Waals surface area contributed by atoms with Gasteiger partial charge in [-0.05, 0) is 25.5 Å². The molecule has 0 aromatic heterocycles. The molecule has 3 N–H and O–H groups in total. The number of amides is 3. The first-order chi connectivity index (χ1) is 11.0. The van der Waals surface area contributed by atoms with Crippen LogP contribution in [0.5, 0.6) is 0 Å². The van der Waals surface area contributed by atoms with E-state index in [4.69, 9.17) is 5.11 Å². The average molecular weight is 317 g/mol. The second-order valence-corrected chi connectivity index (χ2v) is 6.03. The van der Waals surface area contributed by atoms with Gasteiger partial charge in [0.25, 0.3) is 5.91 Å². The SMILES string of the molecule is Cc1cccc(C(=O)N[C@H]2C[C@H]3C(=O)N[C@@H](CO)C(=O)N3C2)c1. The molecule has 0 unspecified atom stereocenters. The van der Waals surface area contributed by atoms with Crippen molar-refractivity contribution in [2.45, 2.75) is 31.5 Å². The molecular formula is C16H19N3O4. The van der Waals surface area contributed by atoms with E-state index >= 15 is 0 Å². The maximum absolute atomic E-state index is 12.3. The van der Waals surface area contributed by atoms with E-state index in [0.29, 0.717) is 12.0 Å². The van der Waals surface area contributed by atoms with Crippen LogP contribution in [0.2, 0.25) is 0 Å². The van der Waals surface area contributed by atoms with Crippen molar-refractivity contribution >= 4 is 17.7 Å². The largest absolute Gasteiger partial charge is 0.394 e. The van der Waals surface area contributed by atoms with Crippen LogP contribution in [0.3, 0.4) is 0 Å². The summed E-state index contributed by atoms with van der Waals surface area (Å²) < 4.78 is 0. The lowest BCUT2D eigenvalue weighted by molar-refractivity contribution is -0.148. The first kappa shape index (κ1) is 15.5. The summed E-state index contributed by atoms with van der Waals surface area (Å²) in [7, 11) is 0. The van der Waals surface area contributed by atoms with Crippen LogP contribution in [0.25, 0.3) is 0 Å².